The first kappa shape index (κ1) is 17.7. The molecular formula is C17H16FNO4S. The molecule has 0 fully saturated rings. The number of carbonyl (C=O) groups excluding carboxylic acids is 1. The first-order valence-electron chi connectivity index (χ1n) is 6.97. The summed E-state index contributed by atoms with van der Waals surface area (Å²) < 4.78 is 45.1. The van der Waals surface area contributed by atoms with Gasteiger partial charge in [-0.1, -0.05) is 17.7 Å². The average molecular weight is 349 g/mol. The minimum absolute atomic E-state index is 0.0836. The van der Waals surface area contributed by atoms with Gasteiger partial charge >= 0.3 is 5.97 Å². The largest absolute Gasteiger partial charge is 0.466 e. The molecule has 0 aromatic heterocycles. The van der Waals surface area contributed by atoms with Gasteiger partial charge in [-0.15, -0.1) is 0 Å². The Hall–Kier alpha value is -2.67. The zero-order valence-electron chi connectivity index (χ0n) is 13.1. The SMILES string of the molecule is COC(=O)/C=C/c1cc(F)ccc1NS(=O)(=O)c1ccc(C)cc1. The summed E-state index contributed by atoms with van der Waals surface area (Å²) in [4.78, 5) is 11.3. The predicted molar refractivity (Wildman–Crippen MR) is 89.4 cm³/mol. The Morgan fingerprint density at radius 3 is 2.46 bits per heavy atom. The summed E-state index contributed by atoms with van der Waals surface area (Å²) in [6.45, 7) is 1.85. The third kappa shape index (κ3) is 4.42. The molecule has 0 saturated heterocycles. The van der Waals surface area contributed by atoms with E-state index in [4.69, 9.17) is 0 Å². The van der Waals surface area contributed by atoms with Crippen molar-refractivity contribution in [1.29, 1.82) is 0 Å². The summed E-state index contributed by atoms with van der Waals surface area (Å²) in [6, 6.07) is 9.85. The molecule has 0 spiro atoms. The summed E-state index contributed by atoms with van der Waals surface area (Å²) in [6.07, 6.45) is 2.36. The second-order valence-corrected chi connectivity index (χ2v) is 6.69. The van der Waals surface area contributed by atoms with E-state index in [1.54, 1.807) is 12.1 Å². The van der Waals surface area contributed by atoms with Gasteiger partial charge in [0.1, 0.15) is 5.82 Å². The van der Waals surface area contributed by atoms with Crippen molar-refractivity contribution < 1.29 is 22.3 Å². The van der Waals surface area contributed by atoms with Gasteiger partial charge in [-0.05, 0) is 43.3 Å². The van der Waals surface area contributed by atoms with E-state index in [0.717, 1.165) is 23.8 Å². The van der Waals surface area contributed by atoms with Crippen molar-refractivity contribution in [2.75, 3.05) is 11.8 Å². The Labute approximate surface area is 139 Å². The highest BCUT2D eigenvalue weighted by atomic mass is 32.2. The molecule has 0 saturated carbocycles. The second kappa shape index (κ2) is 7.27. The average Bonchev–Trinajstić information content (AvgIpc) is 2.55. The minimum Gasteiger partial charge on any atom is -0.466 e. The monoisotopic (exact) mass is 349 g/mol. The second-order valence-electron chi connectivity index (χ2n) is 5.01. The lowest BCUT2D eigenvalue weighted by atomic mass is 10.1. The van der Waals surface area contributed by atoms with Crippen LogP contribution in [-0.4, -0.2) is 21.5 Å². The number of rotatable bonds is 5. The Kier molecular flexibility index (Phi) is 5.35. The molecule has 0 atom stereocenters. The van der Waals surface area contributed by atoms with Gasteiger partial charge in [0.15, 0.2) is 0 Å². The summed E-state index contributed by atoms with van der Waals surface area (Å²) in [5.74, 6) is -1.19. The highest BCUT2D eigenvalue weighted by molar-refractivity contribution is 7.92. The number of hydrogen-bond donors (Lipinski definition) is 1. The first-order chi connectivity index (χ1) is 11.3. The van der Waals surface area contributed by atoms with Crippen LogP contribution in [0.5, 0.6) is 0 Å². The number of benzene rings is 2. The summed E-state index contributed by atoms with van der Waals surface area (Å²) in [7, 11) is -2.62. The van der Waals surface area contributed by atoms with E-state index >= 15 is 0 Å². The van der Waals surface area contributed by atoms with Crippen LogP contribution in [0.2, 0.25) is 0 Å². The zero-order chi connectivity index (χ0) is 17.7. The van der Waals surface area contributed by atoms with Crippen molar-refractivity contribution in [2.24, 2.45) is 0 Å². The summed E-state index contributed by atoms with van der Waals surface area (Å²) >= 11 is 0. The lowest BCUT2D eigenvalue weighted by Crippen LogP contribution is -2.13. The molecule has 0 aliphatic carbocycles. The Balaban J connectivity index is 2.36. The van der Waals surface area contributed by atoms with E-state index in [2.05, 4.69) is 9.46 Å². The van der Waals surface area contributed by atoms with Crippen LogP contribution in [-0.2, 0) is 19.6 Å². The molecule has 0 unspecified atom stereocenters. The van der Waals surface area contributed by atoms with Crippen molar-refractivity contribution in [3.8, 4) is 0 Å². The van der Waals surface area contributed by atoms with Crippen molar-refractivity contribution in [2.45, 2.75) is 11.8 Å². The van der Waals surface area contributed by atoms with Crippen LogP contribution in [0.15, 0.2) is 53.4 Å². The molecule has 0 aliphatic heterocycles. The van der Waals surface area contributed by atoms with Gasteiger partial charge in [0.25, 0.3) is 10.0 Å². The number of carbonyl (C=O) groups is 1. The molecule has 2 rings (SSSR count). The quantitative estimate of drug-likeness (QED) is 0.665. The normalized spacial score (nSPS) is 11.5. The molecule has 2 aromatic carbocycles. The molecule has 1 N–H and O–H groups in total. The van der Waals surface area contributed by atoms with Crippen LogP contribution in [0.25, 0.3) is 6.08 Å². The number of halogens is 1. The summed E-state index contributed by atoms with van der Waals surface area (Å²) in [5.41, 5.74) is 1.28. The number of esters is 1. The maximum atomic E-state index is 13.4. The van der Waals surface area contributed by atoms with E-state index in [1.165, 1.54) is 31.4 Å². The number of ether oxygens (including phenoxy) is 1. The topological polar surface area (TPSA) is 72.5 Å². The highest BCUT2D eigenvalue weighted by Gasteiger charge is 2.15. The number of hydrogen-bond acceptors (Lipinski definition) is 4. The molecular weight excluding hydrogens is 333 g/mol. The van der Waals surface area contributed by atoms with Gasteiger partial charge in [-0.3, -0.25) is 4.72 Å². The third-order valence-electron chi connectivity index (χ3n) is 3.19. The van der Waals surface area contributed by atoms with E-state index in [-0.39, 0.29) is 16.1 Å². The van der Waals surface area contributed by atoms with Crippen LogP contribution >= 0.6 is 0 Å². The van der Waals surface area contributed by atoms with Crippen LogP contribution in [0.4, 0.5) is 10.1 Å². The standard InChI is InChI=1S/C17H16FNO4S/c1-12-3-7-15(8-4-12)24(21,22)19-16-9-6-14(18)11-13(16)5-10-17(20)23-2/h3-11,19H,1-2H3/b10-5+. The number of sulfonamides is 1. The Morgan fingerprint density at radius 1 is 1.17 bits per heavy atom. The van der Waals surface area contributed by atoms with E-state index in [9.17, 15) is 17.6 Å². The molecule has 7 heteroatoms. The van der Waals surface area contributed by atoms with Gasteiger partial charge in [-0.25, -0.2) is 17.6 Å². The van der Waals surface area contributed by atoms with Crippen molar-refractivity contribution in [3.05, 3.63) is 65.5 Å². The van der Waals surface area contributed by atoms with Crippen LogP contribution in [0.1, 0.15) is 11.1 Å². The fourth-order valence-corrected chi connectivity index (χ4v) is 3.00. The van der Waals surface area contributed by atoms with Crippen molar-refractivity contribution >= 4 is 27.8 Å². The predicted octanol–water partition coefficient (Wildman–Crippen LogP) is 3.12. The van der Waals surface area contributed by atoms with Crippen LogP contribution < -0.4 is 4.72 Å². The van der Waals surface area contributed by atoms with Gasteiger partial charge in [0.05, 0.1) is 17.7 Å². The van der Waals surface area contributed by atoms with Crippen LogP contribution in [0.3, 0.4) is 0 Å². The minimum atomic E-state index is -3.83. The molecule has 5 nitrogen and oxygen atoms in total. The lowest BCUT2D eigenvalue weighted by Gasteiger charge is -2.11. The zero-order valence-corrected chi connectivity index (χ0v) is 13.9. The third-order valence-corrected chi connectivity index (χ3v) is 4.57. The number of anilines is 1. The maximum absolute atomic E-state index is 13.4. The van der Waals surface area contributed by atoms with E-state index in [0.29, 0.717) is 0 Å². The van der Waals surface area contributed by atoms with E-state index < -0.39 is 21.8 Å². The Bertz CT molecular complexity index is 874. The number of aryl methyl sites for hydroxylation is 1. The van der Waals surface area contributed by atoms with Gasteiger partial charge < -0.3 is 4.74 Å². The smallest absolute Gasteiger partial charge is 0.330 e. The molecule has 0 amide bonds. The molecule has 0 radical (unpaired) electrons. The highest BCUT2D eigenvalue weighted by Crippen LogP contribution is 2.22. The fraction of sp³-hybridized carbons (Fsp3) is 0.118. The van der Waals surface area contributed by atoms with Crippen LogP contribution in [0, 0.1) is 12.7 Å². The van der Waals surface area contributed by atoms with Gasteiger partial charge in [-0.2, -0.15) is 0 Å². The van der Waals surface area contributed by atoms with Gasteiger partial charge in [0.2, 0.25) is 0 Å². The molecule has 2 aromatic rings. The lowest BCUT2D eigenvalue weighted by molar-refractivity contribution is -0.134. The Morgan fingerprint density at radius 2 is 1.83 bits per heavy atom. The summed E-state index contributed by atoms with van der Waals surface area (Å²) in [5, 5.41) is 0. The van der Waals surface area contributed by atoms with Crippen molar-refractivity contribution in [1.82, 2.24) is 0 Å². The molecule has 126 valence electrons. The fourth-order valence-electron chi connectivity index (χ4n) is 1.91. The number of nitrogens with one attached hydrogen (secondary N) is 1. The number of methoxy groups -OCH3 is 1. The molecule has 0 aliphatic rings. The molecule has 0 heterocycles. The molecule has 0 bridgehead atoms. The van der Waals surface area contributed by atoms with Crippen molar-refractivity contribution in [3.63, 3.8) is 0 Å². The maximum Gasteiger partial charge on any atom is 0.330 e. The first-order valence-corrected chi connectivity index (χ1v) is 8.45. The van der Waals surface area contributed by atoms with Gasteiger partial charge in [0, 0.05) is 11.6 Å². The van der Waals surface area contributed by atoms with E-state index in [1.807, 2.05) is 6.92 Å². The molecule has 24 heavy (non-hydrogen) atoms.